The Balaban J connectivity index is -0.000000768. The third-order valence-electron chi connectivity index (χ3n) is 7.67. The predicted octanol–water partition coefficient (Wildman–Crippen LogP) is 5.49. The van der Waals surface area contributed by atoms with Gasteiger partial charge in [0, 0.05) is 91.8 Å². The van der Waals surface area contributed by atoms with Crippen molar-refractivity contribution in [3.05, 3.63) is 49.1 Å². The van der Waals surface area contributed by atoms with E-state index in [2.05, 4.69) is 26.3 Å². The Morgan fingerprint density at radius 2 is 0.727 bits per heavy atom. The van der Waals surface area contributed by atoms with Crippen molar-refractivity contribution in [2.45, 2.75) is 77.1 Å². The largest absolute Gasteiger partial charge is 0.500 e. The van der Waals surface area contributed by atoms with Gasteiger partial charge < -0.3 is 54.4 Å². The maximum Gasteiger partial charge on any atom is 0.500 e. The second kappa shape index (κ2) is 33.3. The molecule has 0 aromatic carbocycles. The number of hydrogen-bond acceptors (Lipinski definition) is 16. The van der Waals surface area contributed by atoms with Crippen LogP contribution in [0.3, 0.4) is 0 Å². The summed E-state index contributed by atoms with van der Waals surface area (Å²) in [6, 6.07) is 2.75. The highest BCUT2D eigenvalue weighted by atomic mass is 28.4. The first-order valence-electron chi connectivity index (χ1n) is 17.6. The summed E-state index contributed by atoms with van der Waals surface area (Å²) >= 11 is 0. The normalized spacial score (nSPS) is 11.1. The number of hydrogen-bond donors (Lipinski definition) is 0. The van der Waals surface area contributed by atoms with Crippen LogP contribution >= 0.6 is 0 Å². The van der Waals surface area contributed by atoms with Crippen LogP contribution in [0.5, 0.6) is 0 Å². The quantitative estimate of drug-likeness (QED) is 0.0303. The zero-order valence-corrected chi connectivity index (χ0v) is 38.1. The summed E-state index contributed by atoms with van der Waals surface area (Å²) in [4.78, 5) is 44.4. The molecular weight excluding hydrogens is 773 g/mol. The van der Waals surface area contributed by atoms with Gasteiger partial charge in [-0.3, -0.25) is 0 Å². The van der Waals surface area contributed by atoms with Crippen LogP contribution < -0.4 is 0 Å². The van der Waals surface area contributed by atoms with Gasteiger partial charge in [0.15, 0.2) is 0 Å². The minimum absolute atomic E-state index is 0.315. The number of carbonyl (C=O) groups is 4. The molecule has 0 spiro atoms. The third-order valence-corrected chi connectivity index (χ3v) is 17.1. The molecule has 0 bridgehead atoms. The third kappa shape index (κ3) is 26.6. The van der Waals surface area contributed by atoms with Gasteiger partial charge in [0.1, 0.15) is 0 Å². The van der Waals surface area contributed by atoms with Crippen molar-refractivity contribution in [3.8, 4) is 0 Å². The first kappa shape index (κ1) is 56.5. The zero-order valence-electron chi connectivity index (χ0n) is 35.1. The molecular formula is C36H68O16Si3. The molecule has 19 heteroatoms. The molecule has 16 nitrogen and oxygen atoms in total. The Labute approximate surface area is 332 Å². The van der Waals surface area contributed by atoms with E-state index in [1.807, 2.05) is 0 Å². The topological polar surface area (TPSA) is 179 Å². The first-order chi connectivity index (χ1) is 25.9. The van der Waals surface area contributed by atoms with Gasteiger partial charge >= 0.3 is 50.0 Å². The molecule has 0 fully saturated rings. The summed E-state index contributed by atoms with van der Waals surface area (Å²) in [5.41, 5.74) is 1.19. The molecule has 0 aliphatic heterocycles. The molecule has 0 saturated carbocycles. The molecule has 0 amide bonds. The molecule has 0 heterocycles. The van der Waals surface area contributed by atoms with Crippen LogP contribution in [0.15, 0.2) is 49.1 Å². The van der Waals surface area contributed by atoms with Gasteiger partial charge in [-0.1, -0.05) is 26.3 Å². The molecule has 55 heavy (non-hydrogen) atoms. The Hall–Kier alpha value is -2.83. The van der Waals surface area contributed by atoms with E-state index < -0.39 is 32.1 Å². The smallest absolute Gasteiger partial charge is 0.463 e. The first-order valence-corrected chi connectivity index (χ1v) is 23.7. The van der Waals surface area contributed by atoms with Crippen LogP contribution in [-0.4, -0.2) is 133 Å². The van der Waals surface area contributed by atoms with Crippen molar-refractivity contribution in [2.24, 2.45) is 0 Å². The van der Waals surface area contributed by atoms with Crippen LogP contribution in [-0.2, 0) is 73.5 Å². The Morgan fingerprint density at radius 1 is 0.436 bits per heavy atom. The van der Waals surface area contributed by atoms with Gasteiger partial charge in [0.2, 0.25) is 0 Å². The fraction of sp³-hybridized carbons (Fsp3) is 0.667. The minimum Gasteiger partial charge on any atom is -0.463 e. The summed E-state index contributed by atoms with van der Waals surface area (Å²) in [5, 5.41) is 0. The van der Waals surface area contributed by atoms with E-state index in [1.54, 1.807) is 77.6 Å². The van der Waals surface area contributed by atoms with Gasteiger partial charge in [-0.05, 0) is 65.0 Å². The molecule has 0 aliphatic carbocycles. The lowest BCUT2D eigenvalue weighted by Crippen LogP contribution is -2.42. The van der Waals surface area contributed by atoms with Crippen LogP contribution in [0.25, 0.3) is 0 Å². The van der Waals surface area contributed by atoms with Crippen molar-refractivity contribution in [2.75, 3.05) is 83.3 Å². The van der Waals surface area contributed by atoms with Crippen molar-refractivity contribution in [1.29, 1.82) is 0 Å². The van der Waals surface area contributed by atoms with E-state index in [9.17, 15) is 19.2 Å². The van der Waals surface area contributed by atoms with Crippen molar-refractivity contribution < 1.29 is 73.5 Å². The highest BCUT2D eigenvalue weighted by Gasteiger charge is 2.38. The van der Waals surface area contributed by atoms with Crippen molar-refractivity contribution >= 4 is 50.0 Å². The monoisotopic (exact) mass is 840 g/mol. The fourth-order valence-corrected chi connectivity index (χ4v) is 10.3. The molecule has 0 aromatic heterocycles. The van der Waals surface area contributed by atoms with Gasteiger partial charge in [-0.25, -0.2) is 19.2 Å². The van der Waals surface area contributed by atoms with Gasteiger partial charge in [-0.2, -0.15) is 0 Å². The summed E-state index contributed by atoms with van der Waals surface area (Å²) in [6.45, 7) is 20.0. The highest BCUT2D eigenvalue weighted by molar-refractivity contribution is 6.67. The molecule has 0 unspecified atom stereocenters. The van der Waals surface area contributed by atoms with Gasteiger partial charge in [0.25, 0.3) is 0 Å². The van der Waals surface area contributed by atoms with E-state index in [4.69, 9.17) is 54.4 Å². The molecule has 0 N–H and O–H groups in total. The van der Waals surface area contributed by atoms with Gasteiger partial charge in [0.05, 0.1) is 26.4 Å². The Bertz CT molecular complexity index is 1140. The number of unbranched alkanes of at least 4 members (excludes halogenated alkanes) is 1. The Kier molecular flexibility index (Phi) is 34.2. The number of carbonyl (C=O) groups excluding carboxylic acids is 4. The van der Waals surface area contributed by atoms with Crippen molar-refractivity contribution in [3.63, 3.8) is 0 Å². The summed E-state index contributed by atoms with van der Waals surface area (Å²) < 4.78 is 62.5. The van der Waals surface area contributed by atoms with Gasteiger partial charge in [-0.15, -0.1) is 0 Å². The maximum absolute atomic E-state index is 11.3. The molecule has 0 atom stereocenters. The molecule has 0 saturated heterocycles. The second-order valence-corrected chi connectivity index (χ2v) is 21.6. The maximum atomic E-state index is 11.3. The number of rotatable bonds is 29. The summed E-state index contributed by atoms with van der Waals surface area (Å²) in [5.74, 6) is -1.54. The van der Waals surface area contributed by atoms with E-state index in [0.717, 1.165) is 31.0 Å². The standard InChI is InChI=1S/C17H30O6Si.C10H20O5Si.C9H18O5Si/c1-14(2)16(18)22-10-7-8-12-24(20-5,21-6)13-9-11-23-17(19)15(3)4;1-9(2)10(11)15-7-6-8-16(12-3,13-4)14-5;1-5-9(10)14-7-6-8-15(11-2,12-3)13-4/h1,3,7-13H2,2,4-6H3;1,6-8H2,2-5H3;5H,1,6-8H2,2-4H3. The van der Waals surface area contributed by atoms with Crippen LogP contribution in [0.4, 0.5) is 0 Å². The average molecular weight is 841 g/mol. The Morgan fingerprint density at radius 3 is 1.02 bits per heavy atom. The number of ether oxygens (including phenoxy) is 4. The molecule has 0 aliphatic rings. The zero-order chi connectivity index (χ0) is 42.9. The molecule has 0 radical (unpaired) electrons. The number of esters is 4. The average Bonchev–Trinajstić information content (AvgIpc) is 3.19. The SMILES string of the molecule is C=C(C)C(=O)OCCCC[Si](CCCOC(=O)C(=C)C)(OC)OC.C=C(C)C(=O)OCCC[Si](OC)(OC)OC.C=CC(=O)OCCC[Si](OC)(OC)OC. The van der Waals surface area contributed by atoms with E-state index in [-0.39, 0.29) is 17.9 Å². The second-order valence-electron chi connectivity index (χ2n) is 11.8. The summed E-state index contributed by atoms with van der Waals surface area (Å²) in [6.07, 6.45) is 4.67. The lowest BCUT2D eigenvalue weighted by molar-refractivity contribution is -0.139. The lowest BCUT2D eigenvalue weighted by atomic mass is 10.3. The van der Waals surface area contributed by atoms with E-state index in [1.165, 1.54) is 0 Å². The fourth-order valence-electron chi connectivity index (χ4n) is 4.24. The lowest BCUT2D eigenvalue weighted by Gasteiger charge is -2.27. The van der Waals surface area contributed by atoms with E-state index >= 15 is 0 Å². The molecule has 320 valence electrons. The van der Waals surface area contributed by atoms with Crippen LogP contribution in [0.2, 0.25) is 24.2 Å². The molecule has 0 aromatic rings. The molecule has 0 rings (SSSR count). The summed E-state index contributed by atoms with van der Waals surface area (Å²) in [7, 11) is 5.25. The van der Waals surface area contributed by atoms with E-state index in [0.29, 0.717) is 74.5 Å². The van der Waals surface area contributed by atoms with Crippen molar-refractivity contribution in [1.82, 2.24) is 0 Å². The highest BCUT2D eigenvalue weighted by Crippen LogP contribution is 2.23. The predicted molar refractivity (Wildman–Crippen MR) is 214 cm³/mol. The minimum atomic E-state index is -2.53. The van der Waals surface area contributed by atoms with Crippen LogP contribution in [0.1, 0.15) is 52.9 Å². The van der Waals surface area contributed by atoms with Crippen LogP contribution in [0, 0.1) is 0 Å².